The molecule has 1 fully saturated rings. The number of likely N-dealkylation sites (tertiary alicyclic amines) is 1. The Bertz CT molecular complexity index is 1310. The van der Waals surface area contributed by atoms with Crippen molar-refractivity contribution in [3.05, 3.63) is 53.5 Å². The third kappa shape index (κ3) is 2.70. The predicted octanol–water partition coefficient (Wildman–Crippen LogP) is 3.22. The monoisotopic (exact) mass is 386 g/mol. The minimum absolute atomic E-state index is 0.0751. The van der Waals surface area contributed by atoms with Crippen LogP contribution in [0, 0.1) is 31.1 Å². The summed E-state index contributed by atoms with van der Waals surface area (Å²) in [4.78, 5) is 14.5. The highest BCUT2D eigenvalue weighted by Gasteiger charge is 2.32. The average Bonchev–Trinajstić information content (AvgIpc) is 3.22. The summed E-state index contributed by atoms with van der Waals surface area (Å²) < 4.78 is 7.80. The van der Waals surface area contributed by atoms with Crippen LogP contribution in [0.2, 0.25) is 0 Å². The van der Waals surface area contributed by atoms with Crippen molar-refractivity contribution in [3.8, 4) is 17.6 Å². The lowest BCUT2D eigenvalue weighted by Crippen LogP contribution is -2.49. The number of hydrogen-bond donors (Lipinski definition) is 1. The number of aryl methyl sites for hydroxylation is 2. The molecule has 0 bridgehead atoms. The molecule has 0 atom stereocenters. The maximum absolute atomic E-state index is 12.8. The molecule has 1 N–H and O–H groups in total. The Hall–Kier alpha value is -3.86. The highest BCUT2D eigenvalue weighted by atomic mass is 16.5. The number of carbonyl (C=O) groups excluding carboxylic acids is 1. The fourth-order valence-corrected chi connectivity index (χ4v) is 3.73. The number of carbonyl (C=O) groups is 1. The number of benzene rings is 1. The molecular weight excluding hydrogens is 368 g/mol. The van der Waals surface area contributed by atoms with E-state index in [4.69, 9.17) is 10.00 Å². The SMILES string of the molecule is Cc1[nH]nc2cc(Oc3ccnn4cc(C(=O)N5CC(C#N)C5)c(C)c34)ccc12. The number of amides is 1. The van der Waals surface area contributed by atoms with Gasteiger partial charge >= 0.3 is 0 Å². The fraction of sp³-hybridized carbons (Fsp3) is 0.238. The smallest absolute Gasteiger partial charge is 0.255 e. The summed E-state index contributed by atoms with van der Waals surface area (Å²) in [6.45, 7) is 4.81. The zero-order valence-corrected chi connectivity index (χ0v) is 16.0. The standard InChI is InChI=1S/C21H18N6O2/c1-12-17(21(28)26-9-14(8-22)10-26)11-27-20(12)19(5-6-23-27)29-15-3-4-16-13(2)24-25-18(16)7-15/h3-7,11,14H,9-10H2,1-2H3,(H,24,25). The molecule has 0 spiro atoms. The van der Waals surface area contributed by atoms with Crippen LogP contribution >= 0.6 is 0 Å². The van der Waals surface area contributed by atoms with Crippen molar-refractivity contribution < 1.29 is 9.53 Å². The van der Waals surface area contributed by atoms with Crippen molar-refractivity contribution in [2.75, 3.05) is 13.1 Å². The molecular formula is C21H18N6O2. The van der Waals surface area contributed by atoms with Gasteiger partial charge in [-0.3, -0.25) is 9.89 Å². The van der Waals surface area contributed by atoms with E-state index in [0.717, 1.165) is 27.7 Å². The first-order valence-electron chi connectivity index (χ1n) is 9.33. The van der Waals surface area contributed by atoms with E-state index in [-0.39, 0.29) is 11.8 Å². The van der Waals surface area contributed by atoms with Gasteiger partial charge in [0.1, 0.15) is 11.3 Å². The van der Waals surface area contributed by atoms with Crippen LogP contribution < -0.4 is 4.74 Å². The van der Waals surface area contributed by atoms with Crippen LogP contribution in [0.15, 0.2) is 36.7 Å². The largest absolute Gasteiger partial charge is 0.455 e. The molecule has 1 saturated heterocycles. The van der Waals surface area contributed by atoms with E-state index in [0.29, 0.717) is 30.2 Å². The maximum Gasteiger partial charge on any atom is 0.255 e. The number of aromatic nitrogens is 4. The van der Waals surface area contributed by atoms with Crippen LogP contribution in [0.3, 0.4) is 0 Å². The highest BCUT2D eigenvalue weighted by Crippen LogP contribution is 2.32. The number of nitriles is 1. The molecule has 1 amide bonds. The van der Waals surface area contributed by atoms with Crippen molar-refractivity contribution in [1.82, 2.24) is 24.7 Å². The third-order valence-electron chi connectivity index (χ3n) is 5.42. The van der Waals surface area contributed by atoms with Crippen molar-refractivity contribution in [3.63, 3.8) is 0 Å². The number of aromatic amines is 1. The molecule has 8 nitrogen and oxygen atoms in total. The topological polar surface area (TPSA) is 99.3 Å². The summed E-state index contributed by atoms with van der Waals surface area (Å²) in [6.07, 6.45) is 3.36. The summed E-state index contributed by atoms with van der Waals surface area (Å²) in [5, 5.41) is 21.6. The predicted molar refractivity (Wildman–Crippen MR) is 106 cm³/mol. The average molecular weight is 386 g/mol. The van der Waals surface area contributed by atoms with Gasteiger partial charge in [-0.15, -0.1) is 0 Å². The van der Waals surface area contributed by atoms with Gasteiger partial charge in [-0.05, 0) is 31.5 Å². The number of fused-ring (bicyclic) bond motifs is 2. The number of nitrogens with zero attached hydrogens (tertiary/aromatic N) is 5. The molecule has 1 aliphatic heterocycles. The van der Waals surface area contributed by atoms with Crippen molar-refractivity contribution in [2.45, 2.75) is 13.8 Å². The number of rotatable bonds is 3. The molecule has 1 aromatic carbocycles. The van der Waals surface area contributed by atoms with E-state index in [9.17, 15) is 4.79 Å². The summed E-state index contributed by atoms with van der Waals surface area (Å²) in [6, 6.07) is 9.72. The van der Waals surface area contributed by atoms with Crippen molar-refractivity contribution >= 4 is 22.3 Å². The highest BCUT2D eigenvalue weighted by molar-refractivity contribution is 5.99. The molecule has 4 aromatic rings. The van der Waals surface area contributed by atoms with Gasteiger partial charge in [0.05, 0.1) is 29.3 Å². The van der Waals surface area contributed by atoms with Gasteiger partial charge in [0, 0.05) is 42.5 Å². The first-order valence-corrected chi connectivity index (χ1v) is 9.33. The summed E-state index contributed by atoms with van der Waals surface area (Å²) in [5.74, 6) is 1.11. The number of nitrogens with one attached hydrogen (secondary N) is 1. The molecule has 0 radical (unpaired) electrons. The molecule has 1 aliphatic rings. The Morgan fingerprint density at radius 2 is 2.14 bits per heavy atom. The van der Waals surface area contributed by atoms with E-state index >= 15 is 0 Å². The number of H-pyrrole nitrogens is 1. The van der Waals surface area contributed by atoms with Gasteiger partial charge in [0.15, 0.2) is 5.75 Å². The van der Waals surface area contributed by atoms with Crippen molar-refractivity contribution in [2.24, 2.45) is 5.92 Å². The Labute approximate surface area is 166 Å². The minimum Gasteiger partial charge on any atom is -0.455 e. The van der Waals surface area contributed by atoms with E-state index in [1.807, 2.05) is 32.0 Å². The van der Waals surface area contributed by atoms with Crippen LogP contribution in [0.5, 0.6) is 11.5 Å². The molecule has 5 rings (SSSR count). The van der Waals surface area contributed by atoms with Crippen LogP contribution in [0.25, 0.3) is 16.4 Å². The number of ether oxygens (including phenoxy) is 1. The lowest BCUT2D eigenvalue weighted by molar-refractivity contribution is 0.0576. The van der Waals surface area contributed by atoms with E-state index in [1.54, 1.807) is 27.9 Å². The van der Waals surface area contributed by atoms with Crippen LogP contribution in [-0.4, -0.2) is 43.7 Å². The van der Waals surface area contributed by atoms with Crippen molar-refractivity contribution in [1.29, 1.82) is 5.26 Å². The molecule has 8 heteroatoms. The molecule has 4 heterocycles. The molecule has 3 aromatic heterocycles. The Morgan fingerprint density at radius 3 is 2.93 bits per heavy atom. The van der Waals surface area contributed by atoms with Gasteiger partial charge in [-0.25, -0.2) is 4.52 Å². The second kappa shape index (κ2) is 6.34. The lowest BCUT2D eigenvalue weighted by atomic mass is 10.0. The molecule has 29 heavy (non-hydrogen) atoms. The second-order valence-corrected chi connectivity index (χ2v) is 7.32. The third-order valence-corrected chi connectivity index (χ3v) is 5.42. The van der Waals surface area contributed by atoms with Crippen LogP contribution in [-0.2, 0) is 0 Å². The summed E-state index contributed by atoms with van der Waals surface area (Å²) in [7, 11) is 0. The lowest BCUT2D eigenvalue weighted by Gasteiger charge is -2.35. The minimum atomic E-state index is -0.0844. The number of hydrogen-bond acceptors (Lipinski definition) is 5. The van der Waals surface area contributed by atoms with E-state index in [1.165, 1.54) is 0 Å². The summed E-state index contributed by atoms with van der Waals surface area (Å²) in [5.41, 5.74) is 3.95. The van der Waals surface area contributed by atoms with E-state index in [2.05, 4.69) is 21.4 Å². The Balaban J connectivity index is 1.50. The Kier molecular flexibility index (Phi) is 3.77. The summed E-state index contributed by atoms with van der Waals surface area (Å²) >= 11 is 0. The van der Waals surface area contributed by atoms with Gasteiger partial charge in [-0.1, -0.05) is 0 Å². The molecule has 0 saturated carbocycles. The van der Waals surface area contributed by atoms with Gasteiger partial charge in [-0.2, -0.15) is 15.5 Å². The zero-order chi connectivity index (χ0) is 20.1. The van der Waals surface area contributed by atoms with Gasteiger partial charge in [0.25, 0.3) is 5.91 Å². The van der Waals surface area contributed by atoms with Crippen LogP contribution in [0.1, 0.15) is 21.6 Å². The Morgan fingerprint density at radius 1 is 1.31 bits per heavy atom. The first-order chi connectivity index (χ1) is 14.0. The van der Waals surface area contributed by atoms with Gasteiger partial charge in [0.2, 0.25) is 0 Å². The molecule has 0 unspecified atom stereocenters. The molecule has 0 aliphatic carbocycles. The first kappa shape index (κ1) is 17.3. The maximum atomic E-state index is 12.8. The fourth-order valence-electron chi connectivity index (χ4n) is 3.73. The van der Waals surface area contributed by atoms with Gasteiger partial charge < -0.3 is 9.64 Å². The second-order valence-electron chi connectivity index (χ2n) is 7.32. The van der Waals surface area contributed by atoms with Crippen LogP contribution in [0.4, 0.5) is 0 Å². The van der Waals surface area contributed by atoms with E-state index < -0.39 is 0 Å². The normalized spacial score (nSPS) is 14.2. The quantitative estimate of drug-likeness (QED) is 0.583. The molecule has 144 valence electrons. The zero-order valence-electron chi connectivity index (χ0n) is 16.0.